The third-order valence-electron chi connectivity index (χ3n) is 16.2. The van der Waals surface area contributed by atoms with E-state index in [1.165, 1.54) is 86.0 Å². The normalized spacial score (nSPS) is 13.4. The Kier molecular flexibility index (Phi) is 35.3. The highest BCUT2D eigenvalue weighted by Crippen LogP contribution is 2.30. The van der Waals surface area contributed by atoms with E-state index in [1.54, 1.807) is 37.3 Å². The molecule has 1 amide bonds. The van der Waals surface area contributed by atoms with Crippen molar-refractivity contribution in [2.75, 3.05) is 27.7 Å². The quantitative estimate of drug-likeness (QED) is 0.0265. The summed E-state index contributed by atoms with van der Waals surface area (Å²) in [5, 5.41) is 20.2. The molecule has 4 fully saturated rings. The second-order valence-electron chi connectivity index (χ2n) is 26.5. The van der Waals surface area contributed by atoms with Crippen molar-refractivity contribution in [1.29, 1.82) is 0 Å². The third kappa shape index (κ3) is 33.1. The summed E-state index contributed by atoms with van der Waals surface area (Å²) < 4.78 is 8.98. The van der Waals surface area contributed by atoms with E-state index in [0.717, 1.165) is 110 Å². The number of aryl methyl sites for hydroxylation is 5. The fourth-order valence-electron chi connectivity index (χ4n) is 9.23. The fraction of sp³-hybridized carbons (Fsp3) is 0.333. The number of hydrogen-bond donors (Lipinski definition) is 3. The fourth-order valence-corrected chi connectivity index (χ4v) is 10.8. The van der Waals surface area contributed by atoms with E-state index in [2.05, 4.69) is 230 Å². The molecule has 7 aromatic carbocycles. The molecule has 0 atom stereocenters. The molecule has 0 aromatic heterocycles. The van der Waals surface area contributed by atoms with Gasteiger partial charge in [-0.3, -0.25) is 19.5 Å². The number of benzene rings is 7. The van der Waals surface area contributed by atoms with Gasteiger partial charge < -0.3 is 20.3 Å². The van der Waals surface area contributed by atoms with Crippen LogP contribution in [-0.4, -0.2) is 109 Å². The highest BCUT2D eigenvalue weighted by Gasteiger charge is 2.28. The molecule has 0 radical (unpaired) electrons. The summed E-state index contributed by atoms with van der Waals surface area (Å²) in [6.07, 6.45) is 26.8. The molecule has 0 heterocycles. The maximum absolute atomic E-state index is 11.6. The Morgan fingerprint density at radius 2 is 0.950 bits per heavy atom. The molecule has 11 nitrogen and oxygen atoms in total. The van der Waals surface area contributed by atoms with Crippen LogP contribution in [0.1, 0.15) is 151 Å². The highest BCUT2D eigenvalue weighted by atomic mass is 127. The van der Waals surface area contributed by atoms with Gasteiger partial charge in [0.05, 0.1) is 12.2 Å². The molecule has 4 saturated carbocycles. The molecule has 100 heavy (non-hydrogen) atoms. The summed E-state index contributed by atoms with van der Waals surface area (Å²) in [7, 11) is 5.48. The lowest BCUT2D eigenvalue weighted by Gasteiger charge is -2.16. The van der Waals surface area contributed by atoms with Crippen molar-refractivity contribution in [3.05, 3.63) is 252 Å². The highest BCUT2D eigenvalue weighted by molar-refractivity contribution is 14.1. The summed E-state index contributed by atoms with van der Waals surface area (Å²) in [6.45, 7) is 21.9. The van der Waals surface area contributed by atoms with Crippen molar-refractivity contribution in [3.8, 4) is 36.2 Å². The molecule has 7 aromatic rings. The number of nitrogens with zero attached hydrogens (tertiary/aromatic N) is 3. The number of aromatic carboxylic acids is 1. The minimum Gasteiger partial charge on any atom is -0.478 e. The standard InChI is InChI=1S/C23H23NO2.C14H17N.C12H16BrN.C11H12BrNO.C11H11IO2.C8H7BrO2.C5H10Si/c1-17-3-4-20(16-24(2)22-12-13-22)15-21(17)11-9-18-5-7-19(8-6-18)10-14-23(25)26;1-4-13-9-12(6-5-11(13)2)10-15(3)14-7-8-14;1-9-3-4-10(7-12(9)13)8-14(2)11-5-6-11;1-7-2-3-8(6-10(7)12)11(14)13-9-4-5-9;1-2-14-11(13)8-5-9-3-6-10(12)7-4-9;1-5-2-3-6(8(10)11)4-7(5)9;1-5-6(2,3)4/h3-8,10,14-15,22H,12-13,16H2,1-2H3,(H,25,26);1,5-6,9,14H,7-8,10H2,2-3H3;3-4,7,11H,5-6,8H2,1-2H3;2-3,6,9H,4-5H2,1H3,(H,13,14);3-8H,2H2,1H3;2-4H,1H3,(H,10,11);1H,2-4H3/b14-10+;;;;8-5+;;. The number of nitrogens with one attached hydrogen (secondary N) is 1. The zero-order valence-corrected chi connectivity index (χ0v) is 67.7. The smallest absolute Gasteiger partial charge is 0.335 e. The molecule has 526 valence electrons. The monoisotopic (exact) mass is 1660 g/mol. The molecule has 4 aliphatic rings. The molecule has 0 unspecified atom stereocenters. The molecule has 4 aliphatic carbocycles. The van der Waals surface area contributed by atoms with Crippen LogP contribution in [0.3, 0.4) is 0 Å². The van der Waals surface area contributed by atoms with Gasteiger partial charge in [-0.15, -0.1) is 18.4 Å². The Hall–Kier alpha value is -7.15. The number of aliphatic carboxylic acids is 1. The molecular formula is C84H96Br3IN4O7Si. The molecule has 0 bridgehead atoms. The predicted octanol–water partition coefficient (Wildman–Crippen LogP) is 19.5. The van der Waals surface area contributed by atoms with Crippen molar-refractivity contribution >= 4 is 114 Å². The summed E-state index contributed by atoms with van der Waals surface area (Å²) >= 11 is 12.5. The van der Waals surface area contributed by atoms with Crippen LogP contribution in [0.4, 0.5) is 0 Å². The van der Waals surface area contributed by atoms with E-state index >= 15 is 0 Å². The zero-order chi connectivity index (χ0) is 73.6. The molecule has 0 spiro atoms. The largest absolute Gasteiger partial charge is 0.478 e. The molecule has 16 heteroatoms. The average molecular weight is 1670 g/mol. The third-order valence-corrected chi connectivity index (χ3v) is 20.4. The lowest BCUT2D eigenvalue weighted by Crippen LogP contribution is -2.25. The van der Waals surface area contributed by atoms with Crippen LogP contribution in [-0.2, 0) is 34.0 Å². The van der Waals surface area contributed by atoms with E-state index in [1.807, 2.05) is 80.6 Å². The summed E-state index contributed by atoms with van der Waals surface area (Å²) in [6, 6.07) is 48.5. The molecule has 0 saturated heterocycles. The van der Waals surface area contributed by atoms with Crippen LogP contribution in [0.15, 0.2) is 165 Å². The van der Waals surface area contributed by atoms with E-state index in [4.69, 9.17) is 27.8 Å². The van der Waals surface area contributed by atoms with E-state index in [9.17, 15) is 19.2 Å². The number of carboxylic acid groups (broad SMARTS) is 2. The lowest BCUT2D eigenvalue weighted by atomic mass is 10.0. The molecular weight excluding hydrogens is 1570 g/mol. The summed E-state index contributed by atoms with van der Waals surface area (Å²) in [5.41, 5.74) is 18.5. The summed E-state index contributed by atoms with van der Waals surface area (Å²) in [5.74, 6) is 7.11. The van der Waals surface area contributed by atoms with Crippen molar-refractivity contribution < 1.29 is 34.1 Å². The number of carboxylic acids is 2. The number of esters is 1. The van der Waals surface area contributed by atoms with E-state index in [-0.39, 0.29) is 11.9 Å². The van der Waals surface area contributed by atoms with Gasteiger partial charge in [0.1, 0.15) is 8.07 Å². The van der Waals surface area contributed by atoms with Gasteiger partial charge in [0.2, 0.25) is 0 Å². The van der Waals surface area contributed by atoms with Crippen LogP contribution >= 0.6 is 70.4 Å². The van der Waals surface area contributed by atoms with E-state index < -0.39 is 20.0 Å². The van der Waals surface area contributed by atoms with Crippen molar-refractivity contribution in [2.24, 2.45) is 0 Å². The predicted molar refractivity (Wildman–Crippen MR) is 434 cm³/mol. The second kappa shape index (κ2) is 42.3. The molecule has 0 aliphatic heterocycles. The maximum Gasteiger partial charge on any atom is 0.335 e. The first kappa shape index (κ1) is 83.5. The lowest BCUT2D eigenvalue weighted by molar-refractivity contribution is -0.137. The zero-order valence-electron chi connectivity index (χ0n) is 59.8. The first-order valence-electron chi connectivity index (χ1n) is 33.6. The number of hydrogen-bond acceptors (Lipinski definition) is 8. The minimum atomic E-state index is -1.10. The average Bonchev–Trinajstić information content (AvgIpc) is 1.23. The van der Waals surface area contributed by atoms with Crippen LogP contribution in [0, 0.1) is 74.3 Å². The molecule has 3 N–H and O–H groups in total. The number of ether oxygens (including phenoxy) is 1. The van der Waals surface area contributed by atoms with Crippen molar-refractivity contribution in [3.63, 3.8) is 0 Å². The first-order chi connectivity index (χ1) is 47.4. The number of halogens is 4. The van der Waals surface area contributed by atoms with Gasteiger partial charge in [0.25, 0.3) is 5.91 Å². The van der Waals surface area contributed by atoms with Crippen LogP contribution < -0.4 is 5.32 Å². The second-order valence-corrected chi connectivity index (χ2v) is 35.1. The number of rotatable bonds is 17. The van der Waals surface area contributed by atoms with Gasteiger partial charge in [0, 0.05) is 95.2 Å². The number of carbonyl (C=O) groups excluding carboxylic acids is 2. The Morgan fingerprint density at radius 1 is 0.550 bits per heavy atom. The van der Waals surface area contributed by atoms with Crippen LogP contribution in [0.2, 0.25) is 19.6 Å². The Balaban J connectivity index is 0.000000218. The Labute approximate surface area is 635 Å². The Morgan fingerprint density at radius 3 is 1.36 bits per heavy atom. The number of carbonyl (C=O) groups is 4. The van der Waals surface area contributed by atoms with Crippen LogP contribution in [0.5, 0.6) is 0 Å². The van der Waals surface area contributed by atoms with Gasteiger partial charge in [-0.25, -0.2) is 14.4 Å². The first-order valence-corrected chi connectivity index (χ1v) is 40.6. The molecule has 11 rings (SSSR count). The van der Waals surface area contributed by atoms with Gasteiger partial charge in [-0.05, 0) is 271 Å². The van der Waals surface area contributed by atoms with Gasteiger partial charge in [-0.1, -0.05) is 158 Å². The number of amides is 1. The maximum atomic E-state index is 11.6. The van der Waals surface area contributed by atoms with Gasteiger partial charge in [0.15, 0.2) is 0 Å². The Bertz CT molecular complexity index is 4090. The van der Waals surface area contributed by atoms with Crippen molar-refractivity contribution in [2.45, 2.75) is 156 Å². The van der Waals surface area contributed by atoms with E-state index in [0.29, 0.717) is 18.2 Å². The van der Waals surface area contributed by atoms with Crippen LogP contribution in [0.25, 0.3) is 12.2 Å². The summed E-state index contributed by atoms with van der Waals surface area (Å²) in [4.78, 5) is 50.9. The van der Waals surface area contributed by atoms with Crippen molar-refractivity contribution in [1.82, 2.24) is 20.0 Å². The minimum absolute atomic E-state index is 0.0354. The van der Waals surface area contributed by atoms with Gasteiger partial charge >= 0.3 is 17.9 Å². The topological polar surface area (TPSA) is 140 Å². The SMILES string of the molecule is C#C[Si](C)(C)C.C#Cc1cc(CN(C)C2CC2)ccc1C.CCOC(=O)/C=C/c1ccc(I)cc1.Cc1ccc(C(=O)NC2CC2)cc1Br.Cc1ccc(C(=O)O)cc1Br.Cc1ccc(CN(C)C2CC2)cc1Br.Cc1ccc(CN(C)C2CC2)cc1C#Cc1ccc(/C=C/C(=O)O)cc1. The number of terminal acetylenes is 2. The van der Waals surface area contributed by atoms with Gasteiger partial charge in [-0.2, -0.15) is 0 Å².